The van der Waals surface area contributed by atoms with E-state index in [1.165, 1.54) is 0 Å². The first kappa shape index (κ1) is 15.4. The Morgan fingerprint density at radius 2 is 1.89 bits per heavy atom. The summed E-state index contributed by atoms with van der Waals surface area (Å²) in [6.07, 6.45) is 0.918. The van der Waals surface area contributed by atoms with Gasteiger partial charge in [-0.3, -0.25) is 0 Å². The molecule has 0 fully saturated rings. The second-order valence-corrected chi connectivity index (χ2v) is 4.56. The lowest BCUT2D eigenvalue weighted by Gasteiger charge is -2.20. The molecule has 1 atom stereocenters. The van der Waals surface area contributed by atoms with Crippen LogP contribution in [0.5, 0.6) is 6.01 Å². The van der Waals surface area contributed by atoms with Gasteiger partial charge in [0.2, 0.25) is 11.9 Å². The number of ether oxygens (including phenoxy) is 1. The Morgan fingerprint density at radius 3 is 2.47 bits per heavy atom. The van der Waals surface area contributed by atoms with Crippen LogP contribution in [0.25, 0.3) is 0 Å². The predicted molar refractivity (Wildman–Crippen MR) is 76.8 cm³/mol. The topological polar surface area (TPSA) is 75.2 Å². The van der Waals surface area contributed by atoms with Gasteiger partial charge < -0.3 is 20.3 Å². The molecular formula is C12H24N6O. The molecule has 2 N–H and O–H groups in total. The molecule has 108 valence electrons. The Morgan fingerprint density at radius 1 is 1.21 bits per heavy atom. The third kappa shape index (κ3) is 5.25. The van der Waals surface area contributed by atoms with Crippen LogP contribution < -0.4 is 15.4 Å². The Kier molecular flexibility index (Phi) is 6.27. The molecule has 1 aromatic rings. The van der Waals surface area contributed by atoms with Gasteiger partial charge in [-0.05, 0) is 27.4 Å². The SMILES string of the molecule is CCCOc1nc(NC)nc(NCC(C)N(C)C)n1. The molecule has 0 bridgehead atoms. The van der Waals surface area contributed by atoms with Gasteiger partial charge in [-0.1, -0.05) is 6.92 Å². The largest absolute Gasteiger partial charge is 0.463 e. The maximum atomic E-state index is 5.44. The fraction of sp³-hybridized carbons (Fsp3) is 0.750. The summed E-state index contributed by atoms with van der Waals surface area (Å²) in [5, 5.41) is 6.10. The van der Waals surface area contributed by atoms with Crippen molar-refractivity contribution in [1.82, 2.24) is 19.9 Å². The highest BCUT2D eigenvalue weighted by atomic mass is 16.5. The maximum absolute atomic E-state index is 5.44. The zero-order chi connectivity index (χ0) is 14.3. The van der Waals surface area contributed by atoms with E-state index >= 15 is 0 Å². The Hall–Kier alpha value is -1.63. The van der Waals surface area contributed by atoms with E-state index in [2.05, 4.69) is 37.4 Å². The van der Waals surface area contributed by atoms with E-state index in [0.29, 0.717) is 30.6 Å². The van der Waals surface area contributed by atoms with Crippen molar-refractivity contribution in [2.45, 2.75) is 26.3 Å². The molecular weight excluding hydrogens is 244 g/mol. The highest BCUT2D eigenvalue weighted by Crippen LogP contribution is 2.11. The average Bonchev–Trinajstić information content (AvgIpc) is 2.42. The van der Waals surface area contributed by atoms with Crippen LogP contribution in [0.3, 0.4) is 0 Å². The molecule has 7 heteroatoms. The third-order valence-electron chi connectivity index (χ3n) is 2.71. The van der Waals surface area contributed by atoms with Gasteiger partial charge in [0.25, 0.3) is 0 Å². The molecule has 0 saturated carbocycles. The van der Waals surface area contributed by atoms with Crippen LogP contribution in [0.15, 0.2) is 0 Å². The van der Waals surface area contributed by atoms with E-state index in [4.69, 9.17) is 4.74 Å². The molecule has 1 heterocycles. The van der Waals surface area contributed by atoms with Crippen LogP contribution in [-0.4, -0.2) is 60.2 Å². The number of hydrogen-bond acceptors (Lipinski definition) is 7. The predicted octanol–water partition coefficient (Wildman–Crippen LogP) is 1.06. The summed E-state index contributed by atoms with van der Waals surface area (Å²) >= 11 is 0. The second-order valence-electron chi connectivity index (χ2n) is 4.56. The number of rotatable bonds is 8. The molecule has 0 aromatic carbocycles. The zero-order valence-corrected chi connectivity index (χ0v) is 12.4. The minimum absolute atomic E-state index is 0.348. The highest BCUT2D eigenvalue weighted by molar-refractivity contribution is 5.35. The molecule has 1 aromatic heterocycles. The molecule has 0 aliphatic carbocycles. The fourth-order valence-corrected chi connectivity index (χ4v) is 1.23. The highest BCUT2D eigenvalue weighted by Gasteiger charge is 2.09. The normalized spacial score (nSPS) is 12.3. The molecule has 0 spiro atoms. The number of nitrogens with zero attached hydrogens (tertiary/aromatic N) is 4. The van der Waals surface area contributed by atoms with Gasteiger partial charge in [0.05, 0.1) is 6.61 Å². The van der Waals surface area contributed by atoms with E-state index in [-0.39, 0.29) is 0 Å². The minimum atomic E-state index is 0.348. The quantitative estimate of drug-likeness (QED) is 0.730. The lowest BCUT2D eigenvalue weighted by atomic mass is 10.3. The van der Waals surface area contributed by atoms with E-state index in [1.807, 2.05) is 21.0 Å². The van der Waals surface area contributed by atoms with Crippen molar-refractivity contribution in [2.75, 3.05) is 44.9 Å². The van der Waals surface area contributed by atoms with Crippen molar-refractivity contribution in [3.05, 3.63) is 0 Å². The zero-order valence-electron chi connectivity index (χ0n) is 12.4. The number of nitrogens with one attached hydrogen (secondary N) is 2. The molecule has 0 aliphatic heterocycles. The average molecular weight is 268 g/mol. The Labute approximate surface area is 114 Å². The standard InChI is InChI=1S/C12H24N6O/c1-6-7-19-12-16-10(13-3)15-11(17-12)14-8-9(2)18(4)5/h9H,6-8H2,1-5H3,(H2,13,14,15,16,17). The molecule has 1 unspecified atom stereocenters. The van der Waals surface area contributed by atoms with Crippen molar-refractivity contribution < 1.29 is 4.74 Å². The van der Waals surface area contributed by atoms with Gasteiger partial charge in [0.1, 0.15) is 0 Å². The molecule has 0 radical (unpaired) electrons. The van der Waals surface area contributed by atoms with Gasteiger partial charge in [0, 0.05) is 19.6 Å². The lowest BCUT2D eigenvalue weighted by molar-refractivity contribution is 0.292. The Balaban J connectivity index is 2.70. The lowest BCUT2D eigenvalue weighted by Crippen LogP contribution is -2.32. The van der Waals surface area contributed by atoms with Gasteiger partial charge in [-0.2, -0.15) is 15.0 Å². The molecule has 1 rings (SSSR count). The summed E-state index contributed by atoms with van der Waals surface area (Å²) in [5.74, 6) is 1.03. The number of likely N-dealkylation sites (N-methyl/N-ethyl adjacent to an activating group) is 1. The smallest absolute Gasteiger partial charge is 0.323 e. The van der Waals surface area contributed by atoms with Crippen LogP contribution >= 0.6 is 0 Å². The minimum Gasteiger partial charge on any atom is -0.463 e. The molecule has 7 nitrogen and oxygen atoms in total. The van der Waals surface area contributed by atoms with E-state index < -0.39 is 0 Å². The first-order chi connectivity index (χ1) is 9.06. The monoisotopic (exact) mass is 268 g/mol. The van der Waals surface area contributed by atoms with Crippen LogP contribution in [0, 0.1) is 0 Å². The van der Waals surface area contributed by atoms with Crippen molar-refractivity contribution >= 4 is 11.9 Å². The van der Waals surface area contributed by atoms with Crippen LogP contribution in [0.2, 0.25) is 0 Å². The molecule has 19 heavy (non-hydrogen) atoms. The second kappa shape index (κ2) is 7.73. The number of aromatic nitrogens is 3. The van der Waals surface area contributed by atoms with Gasteiger partial charge in [0.15, 0.2) is 0 Å². The summed E-state index contributed by atoms with van der Waals surface area (Å²) in [6, 6.07) is 0.732. The first-order valence-electron chi connectivity index (χ1n) is 6.53. The molecule has 0 aliphatic rings. The number of anilines is 2. The summed E-state index contributed by atoms with van der Waals surface area (Å²) in [7, 11) is 5.84. The summed E-state index contributed by atoms with van der Waals surface area (Å²) in [4.78, 5) is 14.8. The van der Waals surface area contributed by atoms with E-state index in [0.717, 1.165) is 13.0 Å². The van der Waals surface area contributed by atoms with Gasteiger partial charge >= 0.3 is 6.01 Å². The van der Waals surface area contributed by atoms with Crippen molar-refractivity contribution in [3.8, 4) is 6.01 Å². The summed E-state index contributed by atoms with van der Waals surface area (Å²) < 4.78 is 5.44. The van der Waals surface area contributed by atoms with Crippen LogP contribution in [0.4, 0.5) is 11.9 Å². The molecule has 0 amide bonds. The third-order valence-corrected chi connectivity index (χ3v) is 2.71. The summed E-state index contributed by atoms with van der Waals surface area (Å²) in [6.45, 7) is 5.52. The van der Waals surface area contributed by atoms with Gasteiger partial charge in [-0.15, -0.1) is 0 Å². The van der Waals surface area contributed by atoms with Crippen molar-refractivity contribution in [1.29, 1.82) is 0 Å². The summed E-state index contributed by atoms with van der Waals surface area (Å²) in [5.41, 5.74) is 0. The van der Waals surface area contributed by atoms with E-state index in [9.17, 15) is 0 Å². The van der Waals surface area contributed by atoms with Crippen LogP contribution in [-0.2, 0) is 0 Å². The van der Waals surface area contributed by atoms with Crippen molar-refractivity contribution in [3.63, 3.8) is 0 Å². The van der Waals surface area contributed by atoms with Crippen molar-refractivity contribution in [2.24, 2.45) is 0 Å². The van der Waals surface area contributed by atoms with Gasteiger partial charge in [-0.25, -0.2) is 0 Å². The number of hydrogen-bond donors (Lipinski definition) is 2. The van der Waals surface area contributed by atoms with Crippen LogP contribution in [0.1, 0.15) is 20.3 Å². The maximum Gasteiger partial charge on any atom is 0.323 e. The first-order valence-corrected chi connectivity index (χ1v) is 6.53. The Bertz CT molecular complexity index is 384. The fourth-order valence-electron chi connectivity index (χ4n) is 1.23. The van der Waals surface area contributed by atoms with E-state index in [1.54, 1.807) is 7.05 Å². The molecule has 0 saturated heterocycles.